The van der Waals surface area contributed by atoms with Gasteiger partial charge in [0, 0.05) is 11.9 Å². The number of ether oxygens (including phenoxy) is 1. The fourth-order valence-electron chi connectivity index (χ4n) is 3.22. The summed E-state index contributed by atoms with van der Waals surface area (Å²) < 4.78 is 7.58. The van der Waals surface area contributed by atoms with Crippen LogP contribution in [-0.4, -0.2) is 16.3 Å². The van der Waals surface area contributed by atoms with E-state index in [0.717, 1.165) is 33.3 Å². The summed E-state index contributed by atoms with van der Waals surface area (Å²) in [6.07, 6.45) is 0.706. The summed E-state index contributed by atoms with van der Waals surface area (Å²) >= 11 is 0. The molecule has 0 aliphatic heterocycles. The van der Waals surface area contributed by atoms with E-state index in [1.807, 2.05) is 57.2 Å². The first-order chi connectivity index (χ1) is 12.0. The van der Waals surface area contributed by atoms with Crippen LogP contribution in [0.5, 0.6) is 11.6 Å². The zero-order valence-electron chi connectivity index (χ0n) is 14.7. The lowest BCUT2D eigenvalue weighted by Gasteiger charge is -2.11. The Morgan fingerprint density at radius 1 is 1.04 bits per heavy atom. The number of nitrogens with zero attached hydrogens (tertiary/aromatic N) is 2. The van der Waals surface area contributed by atoms with Gasteiger partial charge in [0.25, 0.3) is 0 Å². The topological polar surface area (TPSA) is 63.8 Å². The number of aryl methyl sites for hydroxylation is 4. The smallest absolute Gasteiger partial charge is 0.222 e. The molecule has 5 nitrogen and oxygen atoms in total. The van der Waals surface area contributed by atoms with Gasteiger partial charge in [-0.25, -0.2) is 0 Å². The molecule has 1 heterocycles. The second-order valence-electron chi connectivity index (χ2n) is 6.31. The molecule has 0 fully saturated rings. The second-order valence-corrected chi connectivity index (χ2v) is 6.31. The van der Waals surface area contributed by atoms with Gasteiger partial charge in [-0.15, -0.1) is 4.91 Å². The third kappa shape index (κ3) is 3.09. The molecule has 130 valence electrons. The van der Waals surface area contributed by atoms with Crippen LogP contribution in [0.4, 0.5) is 5.69 Å². The SMILES string of the molecule is Cc1ccccc1OCCCn1c(O)c(N=O)c2c(C)ccc(C)c21. The predicted octanol–water partition coefficient (Wildman–Crippen LogP) is 5.14. The molecule has 0 saturated heterocycles. The first-order valence-electron chi connectivity index (χ1n) is 8.37. The van der Waals surface area contributed by atoms with Crippen LogP contribution in [0, 0.1) is 25.7 Å². The average Bonchev–Trinajstić information content (AvgIpc) is 2.89. The van der Waals surface area contributed by atoms with Gasteiger partial charge in [-0.3, -0.25) is 0 Å². The van der Waals surface area contributed by atoms with Crippen LogP contribution in [0.15, 0.2) is 41.6 Å². The maximum absolute atomic E-state index is 11.2. The maximum atomic E-state index is 11.2. The molecule has 0 radical (unpaired) electrons. The molecule has 0 atom stereocenters. The summed E-state index contributed by atoms with van der Waals surface area (Å²) in [5.41, 5.74) is 4.01. The highest BCUT2D eigenvalue weighted by atomic mass is 16.5. The third-order valence-corrected chi connectivity index (χ3v) is 4.53. The molecule has 0 unspecified atom stereocenters. The van der Waals surface area contributed by atoms with Crippen molar-refractivity contribution in [2.45, 2.75) is 33.7 Å². The van der Waals surface area contributed by atoms with E-state index >= 15 is 0 Å². The van der Waals surface area contributed by atoms with E-state index in [-0.39, 0.29) is 11.6 Å². The van der Waals surface area contributed by atoms with Crippen LogP contribution in [0.1, 0.15) is 23.1 Å². The van der Waals surface area contributed by atoms with Crippen LogP contribution < -0.4 is 4.74 Å². The van der Waals surface area contributed by atoms with Crippen molar-refractivity contribution in [1.82, 2.24) is 4.57 Å². The molecule has 5 heteroatoms. The number of aromatic nitrogens is 1. The van der Waals surface area contributed by atoms with E-state index in [0.29, 0.717) is 19.6 Å². The number of nitroso groups, excluding NO2 is 1. The molecule has 3 aromatic rings. The Kier molecular flexibility index (Phi) is 4.74. The molecule has 0 saturated carbocycles. The fourth-order valence-corrected chi connectivity index (χ4v) is 3.22. The third-order valence-electron chi connectivity index (χ3n) is 4.53. The van der Waals surface area contributed by atoms with Gasteiger partial charge in [0.2, 0.25) is 5.88 Å². The molecule has 0 amide bonds. The van der Waals surface area contributed by atoms with Crippen LogP contribution in [-0.2, 0) is 6.54 Å². The van der Waals surface area contributed by atoms with Crippen molar-refractivity contribution < 1.29 is 9.84 Å². The Morgan fingerprint density at radius 2 is 1.76 bits per heavy atom. The number of para-hydroxylation sites is 1. The van der Waals surface area contributed by atoms with Crippen molar-refractivity contribution in [3.8, 4) is 11.6 Å². The Hall–Kier alpha value is -2.82. The molecule has 1 N–H and O–H groups in total. The monoisotopic (exact) mass is 338 g/mol. The molecule has 0 aliphatic rings. The van der Waals surface area contributed by atoms with Gasteiger partial charge >= 0.3 is 0 Å². The zero-order valence-corrected chi connectivity index (χ0v) is 14.7. The summed E-state index contributed by atoms with van der Waals surface area (Å²) in [6, 6.07) is 11.8. The van der Waals surface area contributed by atoms with Crippen molar-refractivity contribution in [2.75, 3.05) is 6.61 Å². The van der Waals surface area contributed by atoms with E-state index < -0.39 is 0 Å². The van der Waals surface area contributed by atoms with Crippen molar-refractivity contribution in [2.24, 2.45) is 5.18 Å². The van der Waals surface area contributed by atoms with Gasteiger partial charge in [0.15, 0.2) is 5.69 Å². The van der Waals surface area contributed by atoms with Gasteiger partial charge < -0.3 is 14.4 Å². The minimum absolute atomic E-state index is 0.0710. The Morgan fingerprint density at radius 3 is 2.48 bits per heavy atom. The van der Waals surface area contributed by atoms with Crippen LogP contribution in [0.25, 0.3) is 10.9 Å². The largest absolute Gasteiger partial charge is 0.493 e. The van der Waals surface area contributed by atoms with Crippen molar-refractivity contribution in [3.63, 3.8) is 0 Å². The van der Waals surface area contributed by atoms with E-state index in [1.54, 1.807) is 4.57 Å². The minimum Gasteiger partial charge on any atom is -0.493 e. The molecule has 1 aromatic heterocycles. The number of hydrogen-bond donors (Lipinski definition) is 1. The van der Waals surface area contributed by atoms with Gasteiger partial charge in [-0.1, -0.05) is 30.3 Å². The molecule has 0 aliphatic carbocycles. The summed E-state index contributed by atoms with van der Waals surface area (Å²) in [7, 11) is 0. The lowest BCUT2D eigenvalue weighted by molar-refractivity contribution is 0.296. The number of fused-ring (bicyclic) bond motifs is 1. The van der Waals surface area contributed by atoms with Crippen LogP contribution in [0.3, 0.4) is 0 Å². The van der Waals surface area contributed by atoms with Gasteiger partial charge in [-0.2, -0.15) is 0 Å². The lowest BCUT2D eigenvalue weighted by Crippen LogP contribution is -2.05. The molecule has 3 rings (SSSR count). The van der Waals surface area contributed by atoms with E-state index in [9.17, 15) is 10.0 Å². The highest BCUT2D eigenvalue weighted by Crippen LogP contribution is 2.41. The highest BCUT2D eigenvalue weighted by molar-refractivity contribution is 5.99. The van der Waals surface area contributed by atoms with Crippen molar-refractivity contribution >= 4 is 16.6 Å². The van der Waals surface area contributed by atoms with Crippen LogP contribution in [0.2, 0.25) is 0 Å². The summed E-state index contributed by atoms with van der Waals surface area (Å²) in [5, 5.41) is 14.2. The number of hydrogen-bond acceptors (Lipinski definition) is 4. The Balaban J connectivity index is 1.82. The van der Waals surface area contributed by atoms with Crippen LogP contribution >= 0.6 is 0 Å². The predicted molar refractivity (Wildman–Crippen MR) is 99.8 cm³/mol. The van der Waals surface area contributed by atoms with Crippen molar-refractivity contribution in [3.05, 3.63) is 58.0 Å². The van der Waals surface area contributed by atoms with Gasteiger partial charge in [0.1, 0.15) is 5.75 Å². The summed E-state index contributed by atoms with van der Waals surface area (Å²) in [5.74, 6) is 0.796. The minimum atomic E-state index is -0.0710. The molecule has 25 heavy (non-hydrogen) atoms. The molecular weight excluding hydrogens is 316 g/mol. The normalized spacial score (nSPS) is 11.0. The number of aromatic hydroxyl groups is 1. The highest BCUT2D eigenvalue weighted by Gasteiger charge is 2.20. The fraction of sp³-hybridized carbons (Fsp3) is 0.300. The molecule has 0 spiro atoms. The Bertz CT molecular complexity index is 928. The molecule has 0 bridgehead atoms. The van der Waals surface area contributed by atoms with Gasteiger partial charge in [0.05, 0.1) is 12.1 Å². The number of rotatable bonds is 6. The van der Waals surface area contributed by atoms with E-state index in [2.05, 4.69) is 5.18 Å². The molecular formula is C20H22N2O3. The second kappa shape index (κ2) is 6.97. The van der Waals surface area contributed by atoms with E-state index in [1.165, 1.54) is 0 Å². The number of benzene rings is 2. The quantitative estimate of drug-likeness (QED) is 0.500. The first kappa shape index (κ1) is 17.0. The van der Waals surface area contributed by atoms with Gasteiger partial charge in [-0.05, 0) is 55.1 Å². The standard InChI is InChI=1S/C20H22N2O3/c1-13-7-4-5-8-16(13)25-12-6-11-22-19-15(3)10-9-14(2)17(19)18(21-24)20(22)23/h4-5,7-10,23H,6,11-12H2,1-3H3. The average molecular weight is 338 g/mol. The first-order valence-corrected chi connectivity index (χ1v) is 8.37. The summed E-state index contributed by atoms with van der Waals surface area (Å²) in [4.78, 5) is 11.2. The zero-order chi connectivity index (χ0) is 18.0. The summed E-state index contributed by atoms with van der Waals surface area (Å²) in [6.45, 7) is 6.97. The van der Waals surface area contributed by atoms with Crippen molar-refractivity contribution in [1.29, 1.82) is 0 Å². The Labute approximate surface area is 146 Å². The lowest BCUT2D eigenvalue weighted by atomic mass is 10.1. The van der Waals surface area contributed by atoms with E-state index in [4.69, 9.17) is 4.74 Å². The maximum Gasteiger partial charge on any atom is 0.222 e. The molecule has 2 aromatic carbocycles.